The molecular weight excluding hydrogens is 310 g/mol. The molecule has 11 heteroatoms. The summed E-state index contributed by atoms with van der Waals surface area (Å²) in [6, 6.07) is -0.897. The normalized spacial score (nSPS) is 14.2. The highest BCUT2D eigenvalue weighted by Crippen LogP contribution is 2.17. The average molecular weight is 325 g/mol. The van der Waals surface area contributed by atoms with Crippen molar-refractivity contribution in [1.29, 1.82) is 0 Å². The number of aromatic nitrogens is 2. The molecule has 20 heavy (non-hydrogen) atoms. The van der Waals surface area contributed by atoms with Gasteiger partial charge < -0.3 is 5.11 Å². The van der Waals surface area contributed by atoms with Crippen molar-refractivity contribution in [2.24, 2.45) is 0 Å². The molecule has 1 aromatic heterocycles. The van der Waals surface area contributed by atoms with E-state index >= 15 is 0 Å². The lowest BCUT2D eigenvalue weighted by Crippen LogP contribution is -2.38. The van der Waals surface area contributed by atoms with Gasteiger partial charge in [0.2, 0.25) is 10.0 Å². The number of rotatable bonds is 6. The number of sulfonamides is 1. The summed E-state index contributed by atoms with van der Waals surface area (Å²) >= 11 is 0. The number of carbonyl (C=O) groups is 1. The fraction of sp³-hybridized carbons (Fsp3) is 0.556. The predicted molar refractivity (Wildman–Crippen MR) is 69.8 cm³/mol. The molecule has 0 aliphatic carbocycles. The molecule has 0 radical (unpaired) electrons. The van der Waals surface area contributed by atoms with Gasteiger partial charge >= 0.3 is 5.97 Å². The van der Waals surface area contributed by atoms with Crippen molar-refractivity contribution in [2.45, 2.75) is 24.8 Å². The summed E-state index contributed by atoms with van der Waals surface area (Å²) in [7, 11) is -7.55. The van der Waals surface area contributed by atoms with Crippen molar-refractivity contribution >= 4 is 25.8 Å². The molecule has 0 saturated carbocycles. The van der Waals surface area contributed by atoms with E-state index in [1.54, 1.807) is 0 Å². The third kappa shape index (κ3) is 4.02. The van der Waals surface area contributed by atoms with Gasteiger partial charge in [-0.2, -0.15) is 5.10 Å². The van der Waals surface area contributed by atoms with E-state index in [1.165, 1.54) is 13.8 Å². The van der Waals surface area contributed by atoms with Gasteiger partial charge in [-0.1, -0.05) is 0 Å². The number of carboxylic acids is 1. The summed E-state index contributed by atoms with van der Waals surface area (Å²) in [6.45, 7) is 2.73. The zero-order valence-corrected chi connectivity index (χ0v) is 12.7. The van der Waals surface area contributed by atoms with Crippen molar-refractivity contribution in [2.75, 3.05) is 12.0 Å². The molecule has 0 aromatic carbocycles. The zero-order valence-electron chi connectivity index (χ0n) is 11.0. The number of hydrogen-bond acceptors (Lipinski definition) is 6. The molecule has 3 N–H and O–H groups in total. The first-order chi connectivity index (χ1) is 8.94. The van der Waals surface area contributed by atoms with E-state index in [9.17, 15) is 21.6 Å². The lowest BCUT2D eigenvalue weighted by Gasteiger charge is -2.13. The monoisotopic (exact) mass is 325 g/mol. The van der Waals surface area contributed by atoms with Crippen LogP contribution >= 0.6 is 0 Å². The van der Waals surface area contributed by atoms with Crippen molar-refractivity contribution in [3.8, 4) is 0 Å². The molecule has 1 aromatic rings. The van der Waals surface area contributed by atoms with Gasteiger partial charge in [-0.05, 0) is 13.8 Å². The van der Waals surface area contributed by atoms with Gasteiger partial charge in [0.25, 0.3) is 0 Å². The van der Waals surface area contributed by atoms with E-state index in [0.29, 0.717) is 0 Å². The van der Waals surface area contributed by atoms with E-state index in [0.717, 1.165) is 6.26 Å². The van der Waals surface area contributed by atoms with Crippen molar-refractivity contribution in [3.63, 3.8) is 0 Å². The Morgan fingerprint density at radius 2 is 1.95 bits per heavy atom. The fourth-order valence-electron chi connectivity index (χ4n) is 1.70. The summed E-state index contributed by atoms with van der Waals surface area (Å²) in [4.78, 5) is 10.4. The molecule has 0 bridgehead atoms. The fourth-order valence-corrected chi connectivity index (χ4v) is 4.37. The minimum atomic E-state index is -4.18. The van der Waals surface area contributed by atoms with Crippen LogP contribution in [-0.2, 0) is 19.9 Å². The molecule has 0 saturated heterocycles. The maximum absolute atomic E-state index is 12.1. The molecule has 1 unspecified atom stereocenters. The minimum absolute atomic E-state index is 0.0569. The Hall–Kier alpha value is -1.46. The van der Waals surface area contributed by atoms with Crippen LogP contribution in [0.4, 0.5) is 0 Å². The van der Waals surface area contributed by atoms with Crippen molar-refractivity contribution in [1.82, 2.24) is 14.9 Å². The Balaban J connectivity index is 3.13. The van der Waals surface area contributed by atoms with E-state index in [2.05, 4.69) is 14.9 Å². The van der Waals surface area contributed by atoms with Gasteiger partial charge in [-0.25, -0.2) is 26.4 Å². The first-order valence-electron chi connectivity index (χ1n) is 5.42. The number of sulfone groups is 1. The summed E-state index contributed by atoms with van der Waals surface area (Å²) < 4.78 is 48.6. The second-order valence-electron chi connectivity index (χ2n) is 4.45. The first-order valence-corrected chi connectivity index (χ1v) is 8.96. The van der Waals surface area contributed by atoms with Crippen LogP contribution in [0.15, 0.2) is 4.90 Å². The number of aromatic amines is 1. The lowest BCUT2D eigenvalue weighted by molar-refractivity contribution is 0.0686. The standard InChI is InChI=1S/C9H15N3O6S2/c1-5(4-19(3,15)16)12-20(17,18)8-6(2)10-11-7(8)9(13)14/h5,12H,4H2,1-3H3,(H,10,11)(H,13,14). The van der Waals surface area contributed by atoms with Crippen LogP contribution in [0.2, 0.25) is 0 Å². The molecule has 9 nitrogen and oxygen atoms in total. The Kier molecular flexibility index (Phi) is 4.56. The quantitative estimate of drug-likeness (QED) is 0.616. The van der Waals surface area contributed by atoms with Gasteiger partial charge in [0.05, 0.1) is 11.4 Å². The first kappa shape index (κ1) is 16.6. The largest absolute Gasteiger partial charge is 0.476 e. The second-order valence-corrected chi connectivity index (χ2v) is 8.28. The van der Waals surface area contributed by atoms with Crippen LogP contribution < -0.4 is 4.72 Å². The van der Waals surface area contributed by atoms with Crippen LogP contribution in [0.1, 0.15) is 23.1 Å². The number of nitrogens with one attached hydrogen (secondary N) is 2. The Labute approximate surface area is 116 Å². The summed E-state index contributed by atoms with van der Waals surface area (Å²) in [6.07, 6.45) is 0.976. The second kappa shape index (κ2) is 5.50. The molecule has 0 spiro atoms. The van der Waals surface area contributed by atoms with E-state index < -0.39 is 48.2 Å². The predicted octanol–water partition coefficient (Wildman–Crippen LogP) is -0.872. The van der Waals surface area contributed by atoms with Crippen LogP contribution in [0.25, 0.3) is 0 Å². The third-order valence-corrected chi connectivity index (χ3v) is 5.13. The summed E-state index contributed by atoms with van der Waals surface area (Å²) in [5.74, 6) is -1.89. The number of nitrogens with zero attached hydrogens (tertiary/aromatic N) is 1. The Morgan fingerprint density at radius 1 is 1.40 bits per heavy atom. The Morgan fingerprint density at radius 3 is 2.40 bits per heavy atom. The molecule has 0 fully saturated rings. The molecule has 114 valence electrons. The minimum Gasteiger partial charge on any atom is -0.476 e. The molecule has 0 aliphatic heterocycles. The Bertz CT molecular complexity index is 719. The molecular formula is C9H15N3O6S2. The SMILES string of the molecule is Cc1[nH]nc(C(=O)O)c1S(=O)(=O)NC(C)CS(C)(=O)=O. The van der Waals surface area contributed by atoms with E-state index in [4.69, 9.17) is 5.11 Å². The zero-order chi connectivity index (χ0) is 15.7. The smallest absolute Gasteiger partial charge is 0.357 e. The van der Waals surface area contributed by atoms with Crippen LogP contribution in [0.5, 0.6) is 0 Å². The summed E-state index contributed by atoms with van der Waals surface area (Å²) in [5, 5.41) is 14.6. The molecule has 1 rings (SSSR count). The summed E-state index contributed by atoms with van der Waals surface area (Å²) in [5.41, 5.74) is -0.581. The molecule has 0 amide bonds. The van der Waals surface area contributed by atoms with Crippen LogP contribution in [-0.4, -0.2) is 56.2 Å². The van der Waals surface area contributed by atoms with Crippen LogP contribution in [0.3, 0.4) is 0 Å². The number of H-pyrrole nitrogens is 1. The highest BCUT2D eigenvalue weighted by atomic mass is 32.2. The topological polar surface area (TPSA) is 146 Å². The molecule has 1 heterocycles. The lowest BCUT2D eigenvalue weighted by atomic mass is 10.4. The number of aromatic carboxylic acids is 1. The third-order valence-electron chi connectivity index (χ3n) is 2.27. The highest BCUT2D eigenvalue weighted by Gasteiger charge is 2.29. The van der Waals surface area contributed by atoms with Crippen molar-refractivity contribution in [3.05, 3.63) is 11.4 Å². The van der Waals surface area contributed by atoms with Gasteiger partial charge in [0, 0.05) is 12.3 Å². The van der Waals surface area contributed by atoms with Gasteiger partial charge in [-0.3, -0.25) is 5.10 Å². The van der Waals surface area contributed by atoms with Gasteiger partial charge in [-0.15, -0.1) is 0 Å². The van der Waals surface area contributed by atoms with E-state index in [-0.39, 0.29) is 5.69 Å². The maximum Gasteiger partial charge on any atom is 0.357 e. The maximum atomic E-state index is 12.1. The van der Waals surface area contributed by atoms with Crippen molar-refractivity contribution < 1.29 is 26.7 Å². The van der Waals surface area contributed by atoms with Gasteiger partial charge in [0.15, 0.2) is 5.69 Å². The highest BCUT2D eigenvalue weighted by molar-refractivity contribution is 7.91. The number of aryl methyl sites for hydroxylation is 1. The molecule has 1 atom stereocenters. The molecule has 0 aliphatic rings. The average Bonchev–Trinajstić information content (AvgIpc) is 2.56. The number of carboxylic acid groups (broad SMARTS) is 1. The van der Waals surface area contributed by atoms with Crippen LogP contribution in [0, 0.1) is 6.92 Å². The number of hydrogen-bond donors (Lipinski definition) is 3. The van der Waals surface area contributed by atoms with E-state index in [1.807, 2.05) is 0 Å². The van der Waals surface area contributed by atoms with Gasteiger partial charge in [0.1, 0.15) is 14.7 Å².